The highest BCUT2D eigenvalue weighted by atomic mass is 32.2. The van der Waals surface area contributed by atoms with Gasteiger partial charge in [0.1, 0.15) is 6.04 Å². The van der Waals surface area contributed by atoms with Crippen molar-refractivity contribution in [3.63, 3.8) is 0 Å². The summed E-state index contributed by atoms with van der Waals surface area (Å²) in [4.78, 5) is 26.2. The zero-order valence-corrected chi connectivity index (χ0v) is 31.0. The van der Waals surface area contributed by atoms with Gasteiger partial charge in [-0.1, -0.05) is 128 Å². The van der Waals surface area contributed by atoms with Crippen molar-refractivity contribution in [1.29, 1.82) is 0 Å². The van der Waals surface area contributed by atoms with Crippen LogP contribution < -0.4 is 10.6 Å². The monoisotopic (exact) mass is 643 g/mol. The Labute approximate surface area is 280 Å². The van der Waals surface area contributed by atoms with Gasteiger partial charge in [0.15, 0.2) is 0 Å². The van der Waals surface area contributed by atoms with E-state index in [-0.39, 0.29) is 23.5 Å². The van der Waals surface area contributed by atoms with Crippen LogP contribution >= 0.6 is 11.8 Å². The van der Waals surface area contributed by atoms with Gasteiger partial charge in [-0.25, -0.2) is 0 Å². The second-order valence-corrected chi connectivity index (χ2v) is 13.8. The van der Waals surface area contributed by atoms with E-state index in [9.17, 15) is 14.7 Å². The zero-order chi connectivity index (χ0) is 34.4. The fourth-order valence-electron chi connectivity index (χ4n) is 4.64. The van der Waals surface area contributed by atoms with Crippen molar-refractivity contribution < 1.29 is 14.7 Å². The number of β-amino-alcohol motifs (C(OH)–C–C–N with tert-alkyl or cyclic N) is 1. The molecule has 256 valence electrons. The topological polar surface area (TPSA) is 81.7 Å². The molecule has 3 N–H and O–H groups in total. The molecule has 1 fully saturated rings. The largest absolute Gasteiger partial charge is 0.391 e. The lowest BCUT2D eigenvalue weighted by atomic mass is 9.85. The van der Waals surface area contributed by atoms with Gasteiger partial charge in [0.2, 0.25) is 12.3 Å². The van der Waals surface area contributed by atoms with E-state index < -0.39 is 0 Å². The minimum Gasteiger partial charge on any atom is -0.391 e. The Kier molecular flexibility index (Phi) is 22.4. The molecule has 0 aromatic heterocycles. The summed E-state index contributed by atoms with van der Waals surface area (Å²) >= 11 is 1.78. The molecule has 1 aromatic rings. The Bertz CT molecular complexity index is 1050. The molecule has 1 aliphatic heterocycles. The molecular formula is C38H65N3O3S. The van der Waals surface area contributed by atoms with Crippen LogP contribution in [0.4, 0.5) is 0 Å². The Morgan fingerprint density at radius 2 is 1.71 bits per heavy atom. The van der Waals surface area contributed by atoms with Gasteiger partial charge >= 0.3 is 0 Å². The van der Waals surface area contributed by atoms with Gasteiger partial charge in [0.25, 0.3) is 0 Å². The smallest absolute Gasteiger partial charge is 0.245 e. The van der Waals surface area contributed by atoms with Gasteiger partial charge in [-0.3, -0.25) is 9.59 Å². The maximum absolute atomic E-state index is 12.8. The van der Waals surface area contributed by atoms with E-state index in [0.29, 0.717) is 26.1 Å². The van der Waals surface area contributed by atoms with Crippen molar-refractivity contribution in [1.82, 2.24) is 15.5 Å². The molecule has 6 nitrogen and oxygen atoms in total. The average molecular weight is 644 g/mol. The van der Waals surface area contributed by atoms with Crippen LogP contribution in [0.25, 0.3) is 4.91 Å². The number of rotatable bonds is 16. The molecule has 2 amide bonds. The fourth-order valence-corrected chi connectivity index (χ4v) is 5.64. The van der Waals surface area contributed by atoms with Crippen molar-refractivity contribution in [2.45, 2.75) is 139 Å². The normalized spacial score (nSPS) is 15.1. The number of aliphatic hydroxyl groups is 1. The van der Waals surface area contributed by atoms with Crippen molar-refractivity contribution in [3.05, 3.63) is 64.2 Å². The number of hydrogen-bond donors (Lipinski definition) is 3. The number of hydrogen-bond acceptors (Lipinski definition) is 5. The minimum absolute atomic E-state index is 0.0844. The molecule has 1 heterocycles. The third-order valence-corrected chi connectivity index (χ3v) is 8.91. The lowest BCUT2D eigenvalue weighted by Crippen LogP contribution is -2.52. The number of benzene rings is 1. The molecule has 0 bridgehead atoms. The molecule has 1 aromatic carbocycles. The van der Waals surface area contributed by atoms with Crippen LogP contribution in [0.5, 0.6) is 0 Å². The summed E-state index contributed by atoms with van der Waals surface area (Å²) in [7, 11) is 0. The van der Waals surface area contributed by atoms with Crippen LogP contribution in [0.15, 0.2) is 53.1 Å². The van der Waals surface area contributed by atoms with Crippen LogP contribution in [-0.2, 0) is 16.1 Å². The van der Waals surface area contributed by atoms with Crippen molar-refractivity contribution in [3.8, 4) is 0 Å². The number of carbonyl (C=O) groups is 2. The van der Waals surface area contributed by atoms with Crippen LogP contribution in [0, 0.1) is 5.41 Å². The highest BCUT2D eigenvalue weighted by molar-refractivity contribution is 8.11. The molecular weight excluding hydrogens is 579 g/mol. The van der Waals surface area contributed by atoms with E-state index in [1.54, 1.807) is 16.7 Å². The molecule has 1 saturated heterocycles. The number of carbonyl (C=O) groups excluding carboxylic acids is 2. The van der Waals surface area contributed by atoms with Gasteiger partial charge in [-0.15, -0.1) is 0 Å². The van der Waals surface area contributed by atoms with E-state index in [0.717, 1.165) is 36.9 Å². The summed E-state index contributed by atoms with van der Waals surface area (Å²) in [5, 5.41) is 17.9. The summed E-state index contributed by atoms with van der Waals surface area (Å²) in [6.07, 6.45) is 9.20. The molecule has 7 heteroatoms. The number of allylic oxidation sites excluding steroid dienone is 3. The number of amides is 2. The van der Waals surface area contributed by atoms with Gasteiger partial charge < -0.3 is 20.6 Å². The quantitative estimate of drug-likeness (QED) is 0.124. The van der Waals surface area contributed by atoms with E-state index in [2.05, 4.69) is 102 Å². The minimum atomic E-state index is -0.374. The van der Waals surface area contributed by atoms with Crippen LogP contribution in [-0.4, -0.2) is 47.6 Å². The van der Waals surface area contributed by atoms with Crippen molar-refractivity contribution >= 4 is 29.0 Å². The van der Waals surface area contributed by atoms with Gasteiger partial charge in [0.05, 0.1) is 6.10 Å². The third kappa shape index (κ3) is 17.7. The summed E-state index contributed by atoms with van der Waals surface area (Å²) in [6.45, 7) is 26.8. The average Bonchev–Trinajstić information content (AvgIpc) is 3.45. The van der Waals surface area contributed by atoms with E-state index in [1.165, 1.54) is 47.3 Å². The van der Waals surface area contributed by atoms with Crippen LogP contribution in [0.3, 0.4) is 0 Å². The first-order chi connectivity index (χ1) is 21.3. The van der Waals surface area contributed by atoms with E-state index in [1.807, 2.05) is 13.8 Å². The van der Waals surface area contributed by atoms with Crippen molar-refractivity contribution in [2.24, 2.45) is 5.41 Å². The number of likely N-dealkylation sites (tertiary alicyclic amines) is 1. The first-order valence-electron chi connectivity index (χ1n) is 17.0. The molecule has 0 saturated carbocycles. The summed E-state index contributed by atoms with van der Waals surface area (Å²) in [5.41, 5.74) is 5.81. The van der Waals surface area contributed by atoms with Crippen LogP contribution in [0.2, 0.25) is 0 Å². The Morgan fingerprint density at radius 1 is 1.09 bits per heavy atom. The molecule has 45 heavy (non-hydrogen) atoms. The molecule has 0 aliphatic carbocycles. The lowest BCUT2D eigenvalue weighted by molar-refractivity contribution is -0.135. The first kappa shape index (κ1) is 42.5. The van der Waals surface area contributed by atoms with Gasteiger partial charge in [-0.05, 0) is 68.4 Å². The number of thioether (sulfide) groups is 1. The lowest BCUT2D eigenvalue weighted by Gasteiger charge is -2.34. The number of unbranched alkanes of at least 4 members (excludes halogenated alkanes) is 4. The van der Waals surface area contributed by atoms with E-state index in [4.69, 9.17) is 0 Å². The Balaban J connectivity index is 0.000000822. The maximum Gasteiger partial charge on any atom is 0.245 e. The third-order valence-electron chi connectivity index (χ3n) is 7.51. The van der Waals surface area contributed by atoms with Crippen LogP contribution in [0.1, 0.15) is 132 Å². The maximum atomic E-state index is 12.8. The molecule has 0 radical (unpaired) electrons. The summed E-state index contributed by atoms with van der Waals surface area (Å²) in [6, 6.07) is 8.08. The Morgan fingerprint density at radius 3 is 2.20 bits per heavy atom. The molecule has 2 rings (SSSR count). The van der Waals surface area contributed by atoms with Gasteiger partial charge in [-0.2, -0.15) is 0 Å². The predicted octanol–water partition coefficient (Wildman–Crippen LogP) is 9.21. The zero-order valence-electron chi connectivity index (χ0n) is 30.2. The summed E-state index contributed by atoms with van der Waals surface area (Å²) in [5.74, 6) is 0.0844. The second kappa shape index (κ2) is 23.8. The standard InChI is InChI=1S/C19H36N2O2.C17H23NOS.C2H6/c1-6-7-8-9-10-11-15(2)20-17(19(3,4)5)18(23)21-13-12-16(22)14-21;1-5-14(4)11-20-17(13(2)3)16-8-6-15(7-9-16)10-18-12-19;1-2/h16-17,20,22H,2,6-14H2,1,3-5H3;6-9,11-12H,5,10H2,1-4H3,(H,18,19);1-2H3. The predicted molar refractivity (Wildman–Crippen MR) is 197 cm³/mol. The number of aliphatic hydroxyl groups excluding tert-OH is 1. The molecule has 2 atom stereocenters. The highest BCUT2D eigenvalue weighted by Gasteiger charge is 2.36. The summed E-state index contributed by atoms with van der Waals surface area (Å²) < 4.78 is 0. The van der Waals surface area contributed by atoms with Crippen molar-refractivity contribution in [2.75, 3.05) is 13.1 Å². The number of nitrogens with zero attached hydrogens (tertiary/aromatic N) is 1. The molecule has 1 aliphatic rings. The fraction of sp³-hybridized carbons (Fsp3) is 0.632. The first-order valence-corrected chi connectivity index (χ1v) is 17.9. The molecule has 0 spiro atoms. The Hall–Kier alpha value is -2.51. The number of nitrogens with one attached hydrogen (secondary N) is 2. The molecule has 2 unspecified atom stereocenters. The SMILES string of the molecule is C=C(CCCCCCC)NC(C(=O)N1CCC(O)C1)C(C)(C)C.CC.CCC(C)=CSC(=C(C)C)c1ccc(CNC=O)cc1. The second-order valence-electron chi connectivity index (χ2n) is 12.9. The van der Waals surface area contributed by atoms with E-state index >= 15 is 0 Å². The van der Waals surface area contributed by atoms with Gasteiger partial charge in [0, 0.05) is 30.2 Å². The highest BCUT2D eigenvalue weighted by Crippen LogP contribution is 2.33.